The van der Waals surface area contributed by atoms with E-state index >= 15 is 0 Å². The zero-order valence-corrected chi connectivity index (χ0v) is 15.4. The first kappa shape index (κ1) is 17.8. The van der Waals surface area contributed by atoms with Crippen LogP contribution >= 0.6 is 0 Å². The molecule has 0 aromatic carbocycles. The van der Waals surface area contributed by atoms with Crippen LogP contribution in [0.3, 0.4) is 0 Å². The Kier molecular flexibility index (Phi) is 5.35. The van der Waals surface area contributed by atoms with Gasteiger partial charge in [0.1, 0.15) is 0 Å². The van der Waals surface area contributed by atoms with Crippen molar-refractivity contribution in [3.8, 4) is 5.95 Å². The molecule has 2 fully saturated rings. The van der Waals surface area contributed by atoms with Crippen LogP contribution in [0.2, 0.25) is 0 Å². The SMILES string of the molecule is CCOc1ccc(C(=O)N2CCC(=O)N(CC3CC3)[C@H](C(C)C)C2)o1. The molecule has 3 rings (SSSR count). The number of carbonyl (C=O) groups excluding carboxylic acids is 2. The molecule has 1 saturated carbocycles. The van der Waals surface area contributed by atoms with Crippen molar-refractivity contribution < 1.29 is 18.7 Å². The predicted molar refractivity (Wildman–Crippen MR) is 93.5 cm³/mol. The van der Waals surface area contributed by atoms with Gasteiger partial charge in [0, 0.05) is 32.1 Å². The number of carbonyl (C=O) groups is 2. The van der Waals surface area contributed by atoms with Gasteiger partial charge in [0.15, 0.2) is 5.76 Å². The summed E-state index contributed by atoms with van der Waals surface area (Å²) in [5, 5.41) is 0. The topological polar surface area (TPSA) is 63.0 Å². The van der Waals surface area contributed by atoms with Crippen molar-refractivity contribution in [3.05, 3.63) is 17.9 Å². The van der Waals surface area contributed by atoms with Gasteiger partial charge in [0.05, 0.1) is 12.6 Å². The third-order valence-corrected chi connectivity index (χ3v) is 5.01. The van der Waals surface area contributed by atoms with Gasteiger partial charge in [-0.2, -0.15) is 0 Å². The summed E-state index contributed by atoms with van der Waals surface area (Å²) in [5.41, 5.74) is 0. The molecule has 0 spiro atoms. The van der Waals surface area contributed by atoms with Crippen molar-refractivity contribution in [2.24, 2.45) is 11.8 Å². The summed E-state index contributed by atoms with van der Waals surface area (Å²) in [6, 6.07) is 3.37. The molecule has 0 unspecified atom stereocenters. The van der Waals surface area contributed by atoms with E-state index < -0.39 is 0 Å². The summed E-state index contributed by atoms with van der Waals surface area (Å²) in [7, 11) is 0. The van der Waals surface area contributed by atoms with Crippen LogP contribution in [-0.4, -0.2) is 53.9 Å². The summed E-state index contributed by atoms with van der Waals surface area (Å²) in [5.74, 6) is 1.56. The lowest BCUT2D eigenvalue weighted by molar-refractivity contribution is -0.133. The van der Waals surface area contributed by atoms with E-state index in [9.17, 15) is 9.59 Å². The fraction of sp³-hybridized carbons (Fsp3) is 0.684. The van der Waals surface area contributed by atoms with Crippen LogP contribution in [0.25, 0.3) is 0 Å². The molecule has 1 saturated heterocycles. The van der Waals surface area contributed by atoms with Crippen LogP contribution in [0.15, 0.2) is 16.5 Å². The minimum atomic E-state index is -0.169. The third kappa shape index (κ3) is 4.17. The third-order valence-electron chi connectivity index (χ3n) is 5.01. The molecule has 6 heteroatoms. The zero-order valence-electron chi connectivity index (χ0n) is 15.4. The minimum Gasteiger partial charge on any atom is -0.465 e. The van der Waals surface area contributed by atoms with E-state index in [2.05, 4.69) is 13.8 Å². The average Bonchev–Trinajstić information content (AvgIpc) is 3.31. The van der Waals surface area contributed by atoms with Gasteiger partial charge in [-0.05, 0) is 37.7 Å². The summed E-state index contributed by atoms with van der Waals surface area (Å²) >= 11 is 0. The monoisotopic (exact) mass is 348 g/mol. The molecule has 1 aromatic rings. The maximum absolute atomic E-state index is 12.8. The molecule has 2 heterocycles. The maximum Gasteiger partial charge on any atom is 0.289 e. The van der Waals surface area contributed by atoms with Crippen LogP contribution in [-0.2, 0) is 4.79 Å². The Morgan fingerprint density at radius 3 is 2.76 bits per heavy atom. The highest BCUT2D eigenvalue weighted by atomic mass is 16.6. The molecule has 0 N–H and O–H groups in total. The largest absolute Gasteiger partial charge is 0.465 e. The number of hydrogen-bond donors (Lipinski definition) is 0. The highest BCUT2D eigenvalue weighted by Crippen LogP contribution is 2.32. The first-order valence-electron chi connectivity index (χ1n) is 9.31. The lowest BCUT2D eigenvalue weighted by Crippen LogP contribution is -2.48. The molecule has 2 aliphatic rings. The first-order valence-corrected chi connectivity index (χ1v) is 9.31. The number of nitrogens with zero attached hydrogens (tertiary/aromatic N) is 2. The number of hydrogen-bond acceptors (Lipinski definition) is 4. The molecule has 1 aliphatic heterocycles. The molecule has 2 amide bonds. The number of amides is 2. The van der Waals surface area contributed by atoms with Crippen molar-refractivity contribution in [1.82, 2.24) is 9.80 Å². The van der Waals surface area contributed by atoms with E-state index in [1.165, 1.54) is 12.8 Å². The molecular weight excluding hydrogens is 320 g/mol. The zero-order chi connectivity index (χ0) is 18.0. The summed E-state index contributed by atoms with van der Waals surface area (Å²) < 4.78 is 10.8. The van der Waals surface area contributed by atoms with Crippen LogP contribution in [0.4, 0.5) is 0 Å². The van der Waals surface area contributed by atoms with Crippen LogP contribution in [0, 0.1) is 11.8 Å². The Morgan fingerprint density at radius 2 is 2.12 bits per heavy atom. The minimum absolute atomic E-state index is 0.0564. The van der Waals surface area contributed by atoms with E-state index in [1.54, 1.807) is 17.0 Å². The van der Waals surface area contributed by atoms with Crippen molar-refractivity contribution in [2.75, 3.05) is 26.2 Å². The van der Waals surface area contributed by atoms with Gasteiger partial charge in [0.25, 0.3) is 11.9 Å². The van der Waals surface area contributed by atoms with Gasteiger partial charge in [-0.3, -0.25) is 9.59 Å². The highest BCUT2D eigenvalue weighted by Gasteiger charge is 2.37. The Hall–Kier alpha value is -1.98. The van der Waals surface area contributed by atoms with Crippen molar-refractivity contribution in [1.29, 1.82) is 0 Å². The van der Waals surface area contributed by atoms with Gasteiger partial charge in [0.2, 0.25) is 5.91 Å². The molecule has 1 aromatic heterocycles. The van der Waals surface area contributed by atoms with E-state index in [0.29, 0.717) is 43.9 Å². The average molecular weight is 348 g/mol. The molecule has 1 atom stereocenters. The second kappa shape index (κ2) is 7.50. The van der Waals surface area contributed by atoms with Gasteiger partial charge >= 0.3 is 0 Å². The number of ether oxygens (including phenoxy) is 1. The Labute approximate surface area is 149 Å². The summed E-state index contributed by atoms with van der Waals surface area (Å²) in [6.45, 7) is 8.42. The van der Waals surface area contributed by atoms with Gasteiger partial charge in [-0.15, -0.1) is 0 Å². The number of rotatable bonds is 6. The summed E-state index contributed by atoms with van der Waals surface area (Å²) in [6.07, 6.45) is 2.80. The van der Waals surface area contributed by atoms with Gasteiger partial charge in [-0.25, -0.2) is 0 Å². The van der Waals surface area contributed by atoms with E-state index in [0.717, 1.165) is 6.54 Å². The van der Waals surface area contributed by atoms with E-state index in [4.69, 9.17) is 9.15 Å². The molecule has 0 radical (unpaired) electrons. The quantitative estimate of drug-likeness (QED) is 0.793. The molecule has 0 bridgehead atoms. The fourth-order valence-corrected chi connectivity index (χ4v) is 3.36. The first-order chi connectivity index (χ1) is 12.0. The molecule has 138 valence electrons. The lowest BCUT2D eigenvalue weighted by atomic mass is 10.0. The smallest absolute Gasteiger partial charge is 0.289 e. The predicted octanol–water partition coefficient (Wildman–Crippen LogP) is 2.79. The van der Waals surface area contributed by atoms with Crippen LogP contribution in [0.1, 0.15) is 50.6 Å². The second-order valence-corrected chi connectivity index (χ2v) is 7.35. The fourth-order valence-electron chi connectivity index (χ4n) is 3.36. The van der Waals surface area contributed by atoms with Crippen molar-refractivity contribution >= 4 is 11.8 Å². The van der Waals surface area contributed by atoms with Crippen LogP contribution in [0.5, 0.6) is 5.95 Å². The van der Waals surface area contributed by atoms with Crippen LogP contribution < -0.4 is 4.74 Å². The molecule has 25 heavy (non-hydrogen) atoms. The van der Waals surface area contributed by atoms with Gasteiger partial charge < -0.3 is 19.0 Å². The number of furan rings is 1. The molecule has 6 nitrogen and oxygen atoms in total. The highest BCUT2D eigenvalue weighted by molar-refractivity contribution is 5.92. The Balaban J connectivity index is 1.74. The second-order valence-electron chi connectivity index (χ2n) is 7.35. The van der Waals surface area contributed by atoms with E-state index in [1.807, 2.05) is 11.8 Å². The van der Waals surface area contributed by atoms with Gasteiger partial charge in [-0.1, -0.05) is 13.8 Å². The Bertz CT molecular complexity index is 621. The molecular formula is C19H28N2O4. The normalized spacial score (nSPS) is 21.6. The standard InChI is InChI=1S/C19H28N2O4/c1-4-24-18-8-7-16(25-18)19(23)20-10-9-17(22)21(11-14-5-6-14)15(12-20)13(2)3/h7-8,13-15H,4-6,9-12H2,1-3H3/t15-/m0/s1. The lowest BCUT2D eigenvalue weighted by Gasteiger charge is -2.34. The maximum atomic E-state index is 12.8. The summed E-state index contributed by atoms with van der Waals surface area (Å²) in [4.78, 5) is 29.2. The van der Waals surface area contributed by atoms with E-state index in [-0.39, 0.29) is 23.6 Å². The van der Waals surface area contributed by atoms with Crippen molar-refractivity contribution in [3.63, 3.8) is 0 Å². The Morgan fingerprint density at radius 1 is 1.36 bits per heavy atom. The molecule has 1 aliphatic carbocycles. The van der Waals surface area contributed by atoms with Crippen molar-refractivity contribution in [2.45, 2.75) is 46.1 Å².